The average Bonchev–Trinajstić information content (AvgIpc) is 3.57. The summed E-state index contributed by atoms with van der Waals surface area (Å²) >= 11 is 13.1. The first kappa shape index (κ1) is 37.8. The molecule has 4 aromatic carbocycles. The van der Waals surface area contributed by atoms with Crippen LogP contribution in [0.5, 0.6) is 0 Å². The standard InChI is InChI=1S/C45H49Cl2FN2O3/c1-27-18-20-28(21-19-27)24-36(51)41-38(32-16-11-17-34(47)39(32)48)45(33-23-22-31(46)25-35(33)49-43(45)53)37(26-44(2,3)4)50(41)40(29-12-7-5-8-13-29)42(52)30-14-9-6-10-15-30/h5-17,22-23,25,27-28,37-38,40-42,52H,18-21,24,26H2,1-4H3,(H,49,53)/t27?,28?,37-,38+,40-,41+,42+,45+/m1/s1. The van der Waals surface area contributed by atoms with Gasteiger partial charge in [0, 0.05) is 29.1 Å². The van der Waals surface area contributed by atoms with Gasteiger partial charge in [0.05, 0.1) is 23.2 Å². The quantitative estimate of drug-likeness (QED) is 0.178. The molecule has 0 bridgehead atoms. The van der Waals surface area contributed by atoms with Gasteiger partial charge in [-0.05, 0) is 77.0 Å². The summed E-state index contributed by atoms with van der Waals surface area (Å²) in [6.07, 6.45) is 3.61. The lowest BCUT2D eigenvalue weighted by Crippen LogP contribution is -2.52. The van der Waals surface area contributed by atoms with Crippen molar-refractivity contribution < 1.29 is 19.1 Å². The molecular weight excluding hydrogens is 706 g/mol. The molecule has 0 aromatic heterocycles. The van der Waals surface area contributed by atoms with E-state index < -0.39 is 41.4 Å². The molecule has 8 heteroatoms. The topological polar surface area (TPSA) is 69.6 Å². The lowest BCUT2D eigenvalue weighted by Gasteiger charge is -2.44. The zero-order chi connectivity index (χ0) is 37.7. The van der Waals surface area contributed by atoms with Gasteiger partial charge in [-0.3, -0.25) is 14.5 Å². The highest BCUT2D eigenvalue weighted by Crippen LogP contribution is 2.63. The van der Waals surface area contributed by atoms with Crippen LogP contribution in [0.2, 0.25) is 10.0 Å². The fraction of sp³-hybridized carbons (Fsp3) is 0.422. The monoisotopic (exact) mass is 754 g/mol. The summed E-state index contributed by atoms with van der Waals surface area (Å²) in [6.45, 7) is 8.61. The zero-order valence-corrected chi connectivity index (χ0v) is 32.4. The molecule has 0 unspecified atom stereocenters. The number of benzene rings is 4. The number of hydrogen-bond donors (Lipinski definition) is 2. The number of nitrogens with zero attached hydrogens (tertiary/aromatic N) is 1. The molecule has 6 atom stereocenters. The van der Waals surface area contributed by atoms with Gasteiger partial charge >= 0.3 is 0 Å². The number of nitrogens with one attached hydrogen (secondary N) is 1. The molecule has 53 heavy (non-hydrogen) atoms. The third-order valence-electron chi connectivity index (χ3n) is 12.0. The van der Waals surface area contributed by atoms with Crippen molar-refractivity contribution in [2.75, 3.05) is 5.32 Å². The molecule has 1 aliphatic carbocycles. The molecule has 0 radical (unpaired) electrons. The lowest BCUT2D eigenvalue weighted by molar-refractivity contribution is -0.128. The second-order valence-corrected chi connectivity index (χ2v) is 17.7. The largest absolute Gasteiger partial charge is 0.386 e. The van der Waals surface area contributed by atoms with Gasteiger partial charge in [0.1, 0.15) is 11.2 Å². The molecule has 1 amide bonds. The number of carbonyl (C=O) groups is 2. The Hall–Kier alpha value is -3.55. The molecule has 278 valence electrons. The Balaban J connectivity index is 1.56. The van der Waals surface area contributed by atoms with Gasteiger partial charge in [-0.2, -0.15) is 0 Å². The van der Waals surface area contributed by atoms with Crippen molar-refractivity contribution in [3.63, 3.8) is 0 Å². The maximum absolute atomic E-state index is 16.9. The fourth-order valence-electron chi connectivity index (χ4n) is 9.71. The van der Waals surface area contributed by atoms with E-state index >= 15 is 14.0 Å². The summed E-state index contributed by atoms with van der Waals surface area (Å²) in [6, 6.07) is 27.0. The van der Waals surface area contributed by atoms with E-state index in [9.17, 15) is 5.11 Å². The Bertz CT molecular complexity index is 1960. The number of hydrogen-bond acceptors (Lipinski definition) is 4. The molecule has 3 aliphatic rings. The smallest absolute Gasteiger partial charge is 0.237 e. The first-order valence-electron chi connectivity index (χ1n) is 18.9. The lowest BCUT2D eigenvalue weighted by atomic mass is 9.62. The minimum absolute atomic E-state index is 0.0545. The number of amides is 1. The molecule has 7 rings (SSSR count). The maximum atomic E-state index is 16.9. The molecule has 2 aliphatic heterocycles. The van der Waals surface area contributed by atoms with Crippen LogP contribution in [0.15, 0.2) is 97.1 Å². The van der Waals surface area contributed by atoms with Crippen molar-refractivity contribution in [3.05, 3.63) is 135 Å². The van der Waals surface area contributed by atoms with Gasteiger partial charge in [0.2, 0.25) is 5.91 Å². The summed E-state index contributed by atoms with van der Waals surface area (Å²) < 4.78 is 16.9. The minimum Gasteiger partial charge on any atom is -0.386 e. The number of carbonyl (C=O) groups excluding carboxylic acids is 2. The van der Waals surface area contributed by atoms with Crippen molar-refractivity contribution in [1.29, 1.82) is 0 Å². The first-order chi connectivity index (χ1) is 25.3. The number of likely N-dealkylation sites (tertiary alicyclic amines) is 1. The van der Waals surface area contributed by atoms with Crippen LogP contribution in [0.1, 0.15) is 107 Å². The Morgan fingerprint density at radius 2 is 1.57 bits per heavy atom. The summed E-state index contributed by atoms with van der Waals surface area (Å²) in [5, 5.41) is 16.2. The molecule has 1 spiro atoms. The van der Waals surface area contributed by atoms with Gasteiger partial charge < -0.3 is 10.4 Å². The van der Waals surface area contributed by atoms with Gasteiger partial charge in [0.25, 0.3) is 0 Å². The van der Waals surface area contributed by atoms with E-state index in [1.807, 2.05) is 66.7 Å². The Labute approximate surface area is 322 Å². The predicted octanol–water partition coefficient (Wildman–Crippen LogP) is 10.9. The summed E-state index contributed by atoms with van der Waals surface area (Å²) in [5.41, 5.74) is 1.08. The molecule has 4 aromatic rings. The first-order valence-corrected chi connectivity index (χ1v) is 19.7. The number of Topliss-reactive ketones (excluding diaryl/α,β-unsaturated/α-hetero) is 1. The van der Waals surface area contributed by atoms with Gasteiger partial charge in [-0.25, -0.2) is 4.39 Å². The van der Waals surface area contributed by atoms with Gasteiger partial charge in [-0.1, -0.05) is 143 Å². The van der Waals surface area contributed by atoms with Crippen LogP contribution in [0.3, 0.4) is 0 Å². The van der Waals surface area contributed by atoms with E-state index in [0.29, 0.717) is 40.6 Å². The van der Waals surface area contributed by atoms with Crippen LogP contribution in [-0.2, 0) is 15.0 Å². The summed E-state index contributed by atoms with van der Waals surface area (Å²) in [4.78, 5) is 33.0. The van der Waals surface area contributed by atoms with Crippen molar-refractivity contribution in [1.82, 2.24) is 4.90 Å². The highest BCUT2D eigenvalue weighted by molar-refractivity contribution is 6.31. The molecule has 1 saturated carbocycles. The molecule has 2 N–H and O–H groups in total. The van der Waals surface area contributed by atoms with Crippen molar-refractivity contribution in [2.45, 2.75) is 102 Å². The van der Waals surface area contributed by atoms with E-state index in [1.54, 1.807) is 24.3 Å². The maximum Gasteiger partial charge on any atom is 0.237 e. The van der Waals surface area contributed by atoms with Crippen LogP contribution < -0.4 is 5.32 Å². The Morgan fingerprint density at radius 3 is 2.21 bits per heavy atom. The highest BCUT2D eigenvalue weighted by atomic mass is 35.5. The van der Waals surface area contributed by atoms with E-state index in [0.717, 1.165) is 31.2 Å². The van der Waals surface area contributed by atoms with E-state index in [-0.39, 0.29) is 33.6 Å². The van der Waals surface area contributed by atoms with Crippen LogP contribution in [0, 0.1) is 23.1 Å². The van der Waals surface area contributed by atoms with E-state index in [4.69, 9.17) is 23.2 Å². The number of aliphatic hydroxyl groups is 1. The number of halogens is 3. The molecule has 5 nitrogen and oxygen atoms in total. The van der Waals surface area contributed by atoms with Crippen molar-refractivity contribution in [3.8, 4) is 0 Å². The zero-order valence-electron chi connectivity index (χ0n) is 30.9. The third kappa shape index (κ3) is 6.97. The van der Waals surface area contributed by atoms with Crippen LogP contribution >= 0.6 is 23.2 Å². The third-order valence-corrected chi connectivity index (χ3v) is 12.6. The summed E-state index contributed by atoms with van der Waals surface area (Å²) in [7, 11) is 0. The number of fused-ring (bicyclic) bond motifs is 2. The van der Waals surface area contributed by atoms with E-state index in [1.165, 1.54) is 6.07 Å². The summed E-state index contributed by atoms with van der Waals surface area (Å²) in [5.74, 6) is -1.23. The van der Waals surface area contributed by atoms with Crippen molar-refractivity contribution >= 4 is 40.6 Å². The normalized spacial score (nSPS) is 27.0. The minimum atomic E-state index is -1.45. The van der Waals surface area contributed by atoms with Crippen LogP contribution in [0.4, 0.5) is 10.1 Å². The second kappa shape index (κ2) is 14.9. The van der Waals surface area contributed by atoms with Gasteiger partial charge in [-0.15, -0.1) is 0 Å². The Morgan fingerprint density at radius 1 is 0.925 bits per heavy atom. The molecular formula is C45H49Cl2FN2O3. The van der Waals surface area contributed by atoms with E-state index in [2.05, 4.69) is 37.9 Å². The number of aliphatic hydroxyl groups excluding tert-OH is 1. The number of ketones is 1. The SMILES string of the molecule is CC1CCC(CC(=O)[C@H]2[C@H](c3cccc(Cl)c3F)[C@@]3(C(=O)Nc4cc(Cl)ccc43)[C@@H](CC(C)(C)C)N2[C@H](c2ccccc2)[C@@H](O)c2ccccc2)CC1. The molecule has 1 saturated heterocycles. The van der Waals surface area contributed by atoms with Crippen molar-refractivity contribution in [2.24, 2.45) is 17.3 Å². The predicted molar refractivity (Wildman–Crippen MR) is 211 cm³/mol. The number of rotatable bonds is 9. The van der Waals surface area contributed by atoms with Crippen LogP contribution in [-0.4, -0.2) is 33.8 Å². The highest BCUT2D eigenvalue weighted by Gasteiger charge is 2.70. The average molecular weight is 756 g/mol. The Kier molecular flexibility index (Phi) is 10.6. The van der Waals surface area contributed by atoms with Crippen LogP contribution in [0.25, 0.3) is 0 Å². The molecule has 2 heterocycles. The fourth-order valence-corrected chi connectivity index (χ4v) is 10.1. The van der Waals surface area contributed by atoms with Gasteiger partial charge in [0.15, 0.2) is 5.78 Å². The number of anilines is 1. The second-order valence-electron chi connectivity index (χ2n) is 16.8. The molecule has 2 fully saturated rings.